The Balaban J connectivity index is 1.91. The Kier molecular flexibility index (Phi) is 2.80. The number of hydrogen-bond donors (Lipinski definition) is 1. The van der Waals surface area contributed by atoms with Gasteiger partial charge in [-0.3, -0.25) is 0 Å². The van der Waals surface area contributed by atoms with E-state index in [1.54, 1.807) is 0 Å². The number of fused-ring (bicyclic) bond motifs is 2. The molecule has 2 atom stereocenters. The minimum atomic E-state index is -3.52. The fourth-order valence-electron chi connectivity index (χ4n) is 2.57. The molecule has 98 valence electrons. The molecule has 5 nitrogen and oxygen atoms in total. The van der Waals surface area contributed by atoms with E-state index in [1.165, 1.54) is 28.6 Å². The fourth-order valence-corrected chi connectivity index (χ4v) is 4.11. The summed E-state index contributed by atoms with van der Waals surface area (Å²) in [5.74, 6) is -0.0349. The first-order valence-electron chi connectivity index (χ1n) is 6.00. The van der Waals surface area contributed by atoms with Gasteiger partial charge in [0.05, 0.1) is 17.1 Å². The molecule has 0 saturated carbocycles. The Hall–Kier alpha value is -1.11. The maximum absolute atomic E-state index is 12.4. The van der Waals surface area contributed by atoms with Crippen molar-refractivity contribution in [1.82, 2.24) is 4.31 Å². The highest BCUT2D eigenvalue weighted by Gasteiger charge is 2.39. The van der Waals surface area contributed by atoms with Crippen LogP contribution in [0.3, 0.4) is 0 Å². The lowest BCUT2D eigenvalue weighted by molar-refractivity contribution is -0.0114. The lowest BCUT2D eigenvalue weighted by Crippen LogP contribution is -2.45. The highest BCUT2D eigenvalue weighted by Crippen LogP contribution is 2.30. The van der Waals surface area contributed by atoms with Crippen molar-refractivity contribution >= 4 is 10.0 Å². The van der Waals surface area contributed by atoms with Crippen LogP contribution >= 0.6 is 0 Å². The second kappa shape index (κ2) is 4.22. The van der Waals surface area contributed by atoms with Crippen LogP contribution in [-0.4, -0.2) is 43.1 Å². The molecule has 2 aliphatic rings. The SMILES string of the molecule is O=S(=O)(c1cccc(O)c1)N1CC2CCC(C1)O2. The lowest BCUT2D eigenvalue weighted by Gasteiger charge is -2.31. The Morgan fingerprint density at radius 1 is 1.22 bits per heavy atom. The number of rotatable bonds is 2. The van der Waals surface area contributed by atoms with Crippen LogP contribution in [0.25, 0.3) is 0 Å². The van der Waals surface area contributed by atoms with Gasteiger partial charge in [-0.1, -0.05) is 6.07 Å². The van der Waals surface area contributed by atoms with E-state index in [0.717, 1.165) is 12.8 Å². The summed E-state index contributed by atoms with van der Waals surface area (Å²) < 4.78 is 31.9. The first-order valence-corrected chi connectivity index (χ1v) is 7.44. The lowest BCUT2D eigenvalue weighted by atomic mass is 10.2. The second-order valence-electron chi connectivity index (χ2n) is 4.78. The Bertz CT molecular complexity index is 545. The monoisotopic (exact) mass is 269 g/mol. The van der Waals surface area contributed by atoms with Gasteiger partial charge >= 0.3 is 0 Å². The minimum Gasteiger partial charge on any atom is -0.508 e. The number of morpholine rings is 1. The number of benzene rings is 1. The van der Waals surface area contributed by atoms with Crippen molar-refractivity contribution in [1.29, 1.82) is 0 Å². The minimum absolute atomic E-state index is 0.0239. The van der Waals surface area contributed by atoms with Crippen molar-refractivity contribution in [2.45, 2.75) is 29.9 Å². The van der Waals surface area contributed by atoms with Crippen molar-refractivity contribution < 1.29 is 18.3 Å². The second-order valence-corrected chi connectivity index (χ2v) is 6.71. The van der Waals surface area contributed by atoms with E-state index in [9.17, 15) is 13.5 Å². The van der Waals surface area contributed by atoms with E-state index in [0.29, 0.717) is 13.1 Å². The van der Waals surface area contributed by atoms with Gasteiger partial charge in [0.15, 0.2) is 0 Å². The molecule has 0 aromatic heterocycles. The number of ether oxygens (including phenoxy) is 1. The van der Waals surface area contributed by atoms with Crippen molar-refractivity contribution in [2.75, 3.05) is 13.1 Å². The van der Waals surface area contributed by atoms with Crippen LogP contribution in [0.5, 0.6) is 5.75 Å². The average molecular weight is 269 g/mol. The molecule has 2 unspecified atom stereocenters. The number of aromatic hydroxyl groups is 1. The molecule has 1 aromatic rings. The third kappa shape index (κ3) is 2.00. The first kappa shape index (κ1) is 12.0. The highest BCUT2D eigenvalue weighted by atomic mass is 32.2. The zero-order chi connectivity index (χ0) is 12.8. The normalized spacial score (nSPS) is 28.4. The van der Waals surface area contributed by atoms with Crippen LogP contribution in [0, 0.1) is 0 Å². The standard InChI is InChI=1S/C12H15NO4S/c14-9-2-1-3-12(6-9)18(15,16)13-7-10-4-5-11(8-13)17-10/h1-3,6,10-11,14H,4-5,7-8H2. The molecule has 2 saturated heterocycles. The van der Waals surface area contributed by atoms with E-state index in [4.69, 9.17) is 4.74 Å². The van der Waals surface area contributed by atoms with Crippen LogP contribution in [0.1, 0.15) is 12.8 Å². The van der Waals surface area contributed by atoms with Gasteiger partial charge in [0, 0.05) is 13.1 Å². The summed E-state index contributed by atoms with van der Waals surface area (Å²) in [7, 11) is -3.52. The van der Waals surface area contributed by atoms with Crippen molar-refractivity contribution in [3.8, 4) is 5.75 Å². The molecule has 2 heterocycles. The third-order valence-corrected chi connectivity index (χ3v) is 5.29. The van der Waals surface area contributed by atoms with Crippen LogP contribution in [0.15, 0.2) is 29.2 Å². The van der Waals surface area contributed by atoms with Gasteiger partial charge in [-0.2, -0.15) is 4.31 Å². The van der Waals surface area contributed by atoms with Crippen molar-refractivity contribution in [3.05, 3.63) is 24.3 Å². The van der Waals surface area contributed by atoms with E-state index >= 15 is 0 Å². The molecule has 1 aromatic carbocycles. The van der Waals surface area contributed by atoms with Gasteiger partial charge in [0.1, 0.15) is 5.75 Å². The van der Waals surface area contributed by atoms with E-state index in [1.807, 2.05) is 0 Å². The molecule has 18 heavy (non-hydrogen) atoms. The molecular weight excluding hydrogens is 254 g/mol. The van der Waals surface area contributed by atoms with Gasteiger partial charge in [0.2, 0.25) is 10.0 Å². The number of phenolic OH excluding ortho intramolecular Hbond substituents is 1. The van der Waals surface area contributed by atoms with Crippen LogP contribution in [0.2, 0.25) is 0 Å². The zero-order valence-corrected chi connectivity index (χ0v) is 10.6. The van der Waals surface area contributed by atoms with E-state index < -0.39 is 10.0 Å². The van der Waals surface area contributed by atoms with Crippen LogP contribution < -0.4 is 0 Å². The first-order chi connectivity index (χ1) is 8.55. The summed E-state index contributed by atoms with van der Waals surface area (Å²) in [6.07, 6.45) is 1.90. The molecule has 3 rings (SSSR count). The summed E-state index contributed by atoms with van der Waals surface area (Å²) in [6.45, 7) is 0.822. The molecule has 0 spiro atoms. The summed E-state index contributed by atoms with van der Waals surface area (Å²) in [5.41, 5.74) is 0. The van der Waals surface area contributed by atoms with Crippen LogP contribution in [-0.2, 0) is 14.8 Å². The molecule has 2 bridgehead atoms. The van der Waals surface area contributed by atoms with E-state index in [2.05, 4.69) is 0 Å². The van der Waals surface area contributed by atoms with Gasteiger partial charge in [-0.05, 0) is 31.0 Å². The topological polar surface area (TPSA) is 66.8 Å². The molecule has 2 aliphatic heterocycles. The molecule has 6 heteroatoms. The Labute approximate surface area is 106 Å². The maximum Gasteiger partial charge on any atom is 0.243 e. The van der Waals surface area contributed by atoms with Gasteiger partial charge < -0.3 is 9.84 Å². The average Bonchev–Trinajstić information content (AvgIpc) is 2.68. The Morgan fingerprint density at radius 3 is 2.50 bits per heavy atom. The molecule has 0 amide bonds. The summed E-state index contributed by atoms with van der Waals surface area (Å²) >= 11 is 0. The number of phenols is 1. The molecular formula is C12H15NO4S. The molecule has 1 N–H and O–H groups in total. The van der Waals surface area contributed by atoms with Gasteiger partial charge in [-0.15, -0.1) is 0 Å². The molecule has 0 radical (unpaired) electrons. The Morgan fingerprint density at radius 2 is 1.89 bits per heavy atom. The maximum atomic E-state index is 12.4. The summed E-state index contributed by atoms with van der Waals surface area (Å²) in [5, 5.41) is 9.38. The number of nitrogens with zero attached hydrogens (tertiary/aromatic N) is 1. The predicted molar refractivity (Wildman–Crippen MR) is 64.8 cm³/mol. The quantitative estimate of drug-likeness (QED) is 0.868. The largest absolute Gasteiger partial charge is 0.508 e. The summed E-state index contributed by atoms with van der Waals surface area (Å²) in [6, 6.07) is 5.79. The predicted octanol–water partition coefficient (Wildman–Crippen LogP) is 0.944. The number of sulfonamides is 1. The van der Waals surface area contributed by atoms with Crippen molar-refractivity contribution in [3.63, 3.8) is 0 Å². The van der Waals surface area contributed by atoms with Gasteiger partial charge in [-0.25, -0.2) is 8.42 Å². The smallest absolute Gasteiger partial charge is 0.243 e. The third-order valence-electron chi connectivity index (χ3n) is 3.47. The van der Waals surface area contributed by atoms with E-state index in [-0.39, 0.29) is 22.9 Å². The fraction of sp³-hybridized carbons (Fsp3) is 0.500. The summed E-state index contributed by atoms with van der Waals surface area (Å²) in [4.78, 5) is 0.142. The van der Waals surface area contributed by atoms with Gasteiger partial charge in [0.25, 0.3) is 0 Å². The van der Waals surface area contributed by atoms with Crippen LogP contribution in [0.4, 0.5) is 0 Å². The zero-order valence-electron chi connectivity index (χ0n) is 9.82. The van der Waals surface area contributed by atoms with Crippen molar-refractivity contribution in [2.24, 2.45) is 0 Å². The number of hydrogen-bond acceptors (Lipinski definition) is 4. The molecule has 0 aliphatic carbocycles. The highest BCUT2D eigenvalue weighted by molar-refractivity contribution is 7.89. The molecule has 2 fully saturated rings.